The van der Waals surface area contributed by atoms with Gasteiger partial charge in [-0.1, -0.05) is 34.1 Å². The third-order valence-corrected chi connectivity index (χ3v) is 5.25. The van der Waals surface area contributed by atoms with Crippen LogP contribution in [0.5, 0.6) is 0 Å². The van der Waals surface area contributed by atoms with Crippen molar-refractivity contribution in [1.29, 1.82) is 0 Å². The minimum atomic E-state index is 0.00152. The number of halogens is 1. The van der Waals surface area contributed by atoms with Crippen LogP contribution >= 0.6 is 15.9 Å². The van der Waals surface area contributed by atoms with E-state index in [9.17, 15) is 4.79 Å². The fourth-order valence-corrected chi connectivity index (χ4v) is 3.54. The lowest BCUT2D eigenvalue weighted by atomic mass is 9.96. The van der Waals surface area contributed by atoms with Gasteiger partial charge in [0.1, 0.15) is 6.54 Å². The van der Waals surface area contributed by atoms with E-state index < -0.39 is 0 Å². The average molecular weight is 393 g/mol. The molecule has 0 atom stereocenters. The summed E-state index contributed by atoms with van der Waals surface area (Å²) in [7, 11) is 0. The summed E-state index contributed by atoms with van der Waals surface area (Å²) in [4.78, 5) is 16.2. The quantitative estimate of drug-likeness (QED) is 0.492. The zero-order valence-corrected chi connectivity index (χ0v) is 15.7. The van der Waals surface area contributed by atoms with Crippen LogP contribution in [0, 0.1) is 0 Å². The van der Waals surface area contributed by atoms with E-state index in [1.54, 1.807) is 0 Å². The van der Waals surface area contributed by atoms with Gasteiger partial charge in [-0.05, 0) is 44.2 Å². The minimum absolute atomic E-state index is 0.00152. The van der Waals surface area contributed by atoms with Gasteiger partial charge in [-0.15, -0.1) is 0 Å². The molecule has 1 aromatic carbocycles. The lowest BCUT2D eigenvalue weighted by Gasteiger charge is -2.20. The standard InChI is InChI=1S/C18H25BrN4O/c1-2-20-17(21-11-16(24)23-13-7-8-13)22-12-18(9-10-18)14-5-3-4-6-15(14)19/h3-6,13H,2,7-12H2,1H3,(H,23,24)(H2,20,21,22). The molecule has 6 heteroatoms. The first-order chi connectivity index (χ1) is 11.6. The number of aliphatic imine (C=N–C) groups is 1. The summed E-state index contributed by atoms with van der Waals surface area (Å²) in [6.07, 6.45) is 4.54. The molecule has 0 spiro atoms. The third kappa shape index (κ3) is 4.50. The highest BCUT2D eigenvalue weighted by Crippen LogP contribution is 2.49. The molecule has 0 bridgehead atoms. The van der Waals surface area contributed by atoms with Crippen LogP contribution in [0.2, 0.25) is 0 Å². The third-order valence-electron chi connectivity index (χ3n) is 4.56. The number of carbonyl (C=O) groups excluding carboxylic acids is 1. The van der Waals surface area contributed by atoms with Crippen LogP contribution in [-0.4, -0.2) is 37.5 Å². The summed E-state index contributed by atoms with van der Waals surface area (Å²) in [6, 6.07) is 8.79. The van der Waals surface area contributed by atoms with Crippen molar-refractivity contribution >= 4 is 27.8 Å². The van der Waals surface area contributed by atoms with Crippen molar-refractivity contribution in [3.8, 4) is 0 Å². The van der Waals surface area contributed by atoms with Crippen molar-refractivity contribution in [2.45, 2.75) is 44.1 Å². The SMILES string of the molecule is CCNC(=NCC(=O)NC1CC1)NCC1(c2ccccc2Br)CC1. The molecule has 0 saturated heterocycles. The highest BCUT2D eigenvalue weighted by molar-refractivity contribution is 9.10. The molecule has 2 fully saturated rings. The summed E-state index contributed by atoms with van der Waals surface area (Å²) >= 11 is 3.66. The average Bonchev–Trinajstić information content (AvgIpc) is 3.47. The molecule has 0 radical (unpaired) electrons. The Labute approximate surface area is 151 Å². The lowest BCUT2D eigenvalue weighted by Crippen LogP contribution is -2.42. The van der Waals surface area contributed by atoms with Gasteiger partial charge in [0.25, 0.3) is 0 Å². The number of hydrogen-bond acceptors (Lipinski definition) is 2. The van der Waals surface area contributed by atoms with Gasteiger partial charge in [-0.3, -0.25) is 4.79 Å². The molecule has 0 aromatic heterocycles. The number of hydrogen-bond donors (Lipinski definition) is 3. The molecule has 2 aliphatic carbocycles. The van der Waals surface area contributed by atoms with Crippen molar-refractivity contribution in [1.82, 2.24) is 16.0 Å². The first-order valence-corrected chi connectivity index (χ1v) is 9.49. The number of nitrogens with one attached hydrogen (secondary N) is 3. The van der Waals surface area contributed by atoms with Gasteiger partial charge in [-0.25, -0.2) is 4.99 Å². The molecule has 2 aliphatic rings. The Morgan fingerprint density at radius 3 is 2.67 bits per heavy atom. The van der Waals surface area contributed by atoms with Crippen LogP contribution in [0.4, 0.5) is 0 Å². The highest BCUT2D eigenvalue weighted by atomic mass is 79.9. The van der Waals surface area contributed by atoms with E-state index in [4.69, 9.17) is 0 Å². The molecule has 0 unspecified atom stereocenters. The van der Waals surface area contributed by atoms with Gasteiger partial charge < -0.3 is 16.0 Å². The minimum Gasteiger partial charge on any atom is -0.357 e. The van der Waals surface area contributed by atoms with E-state index in [2.05, 4.69) is 55.1 Å². The van der Waals surface area contributed by atoms with E-state index >= 15 is 0 Å². The van der Waals surface area contributed by atoms with Gasteiger partial charge in [0.15, 0.2) is 5.96 Å². The summed E-state index contributed by atoms with van der Waals surface area (Å²) in [5.74, 6) is 0.711. The Morgan fingerprint density at radius 1 is 1.29 bits per heavy atom. The van der Waals surface area contributed by atoms with Crippen molar-refractivity contribution in [3.63, 3.8) is 0 Å². The summed E-state index contributed by atoms with van der Waals surface area (Å²) in [5.41, 5.74) is 1.52. The molecule has 0 aliphatic heterocycles. The predicted molar refractivity (Wildman–Crippen MR) is 100 cm³/mol. The molecule has 1 amide bonds. The fraction of sp³-hybridized carbons (Fsp3) is 0.556. The van der Waals surface area contributed by atoms with E-state index in [0.29, 0.717) is 12.0 Å². The highest BCUT2D eigenvalue weighted by Gasteiger charge is 2.45. The Hall–Kier alpha value is -1.56. The largest absolute Gasteiger partial charge is 0.357 e. The molecule has 2 saturated carbocycles. The summed E-state index contributed by atoms with van der Waals surface area (Å²) in [5, 5.41) is 9.59. The first kappa shape index (κ1) is 17.3. The van der Waals surface area contributed by atoms with Gasteiger partial charge in [0.2, 0.25) is 5.91 Å². The monoisotopic (exact) mass is 392 g/mol. The van der Waals surface area contributed by atoms with Gasteiger partial charge >= 0.3 is 0 Å². The number of amides is 1. The maximum absolute atomic E-state index is 11.8. The molecular formula is C18H25BrN4O. The van der Waals surface area contributed by atoms with Crippen LogP contribution in [-0.2, 0) is 10.2 Å². The lowest BCUT2D eigenvalue weighted by molar-refractivity contribution is -0.119. The zero-order chi connectivity index (χ0) is 17.0. The fourth-order valence-electron chi connectivity index (χ4n) is 2.83. The van der Waals surface area contributed by atoms with Gasteiger partial charge in [0, 0.05) is 29.0 Å². The first-order valence-electron chi connectivity index (χ1n) is 8.69. The second-order valence-electron chi connectivity index (χ2n) is 6.65. The Morgan fingerprint density at radius 2 is 2.04 bits per heavy atom. The summed E-state index contributed by atoms with van der Waals surface area (Å²) < 4.78 is 1.16. The summed E-state index contributed by atoms with van der Waals surface area (Å²) in [6.45, 7) is 3.81. The maximum atomic E-state index is 11.8. The smallest absolute Gasteiger partial charge is 0.242 e. The Balaban J connectivity index is 1.57. The number of nitrogens with zero attached hydrogens (tertiary/aromatic N) is 1. The number of benzene rings is 1. The van der Waals surface area contributed by atoms with Crippen LogP contribution in [0.15, 0.2) is 33.7 Å². The van der Waals surface area contributed by atoms with E-state index in [-0.39, 0.29) is 17.9 Å². The van der Waals surface area contributed by atoms with Gasteiger partial charge in [-0.2, -0.15) is 0 Å². The molecular weight excluding hydrogens is 368 g/mol. The molecule has 5 nitrogen and oxygen atoms in total. The second kappa shape index (κ2) is 7.55. The number of rotatable bonds is 7. The van der Waals surface area contributed by atoms with E-state index in [1.165, 1.54) is 18.4 Å². The maximum Gasteiger partial charge on any atom is 0.242 e. The van der Waals surface area contributed by atoms with Crippen molar-refractivity contribution in [2.24, 2.45) is 4.99 Å². The molecule has 0 heterocycles. The molecule has 24 heavy (non-hydrogen) atoms. The van der Waals surface area contributed by atoms with Crippen LogP contribution in [0.1, 0.15) is 38.2 Å². The predicted octanol–water partition coefficient (Wildman–Crippen LogP) is 2.31. The van der Waals surface area contributed by atoms with Crippen molar-refractivity contribution < 1.29 is 4.79 Å². The number of carbonyl (C=O) groups is 1. The van der Waals surface area contributed by atoms with Crippen molar-refractivity contribution in [2.75, 3.05) is 19.6 Å². The second-order valence-corrected chi connectivity index (χ2v) is 7.51. The van der Waals surface area contributed by atoms with Gasteiger partial charge in [0.05, 0.1) is 0 Å². The Bertz CT molecular complexity index is 623. The Kier molecular flexibility index (Phi) is 5.43. The topological polar surface area (TPSA) is 65.5 Å². The van der Waals surface area contributed by atoms with Crippen molar-refractivity contribution in [3.05, 3.63) is 34.3 Å². The van der Waals surface area contributed by atoms with Crippen LogP contribution in [0.3, 0.4) is 0 Å². The van der Waals surface area contributed by atoms with Crippen LogP contribution in [0.25, 0.3) is 0 Å². The van der Waals surface area contributed by atoms with E-state index in [0.717, 1.165) is 30.4 Å². The molecule has 1 aromatic rings. The number of guanidine groups is 1. The molecule has 3 rings (SSSR count). The zero-order valence-electron chi connectivity index (χ0n) is 14.1. The van der Waals surface area contributed by atoms with E-state index in [1.807, 2.05) is 13.0 Å². The normalized spacial score (nSPS) is 18.8. The molecule has 130 valence electrons. The molecule has 3 N–H and O–H groups in total. The van der Waals surface area contributed by atoms with Crippen LogP contribution < -0.4 is 16.0 Å².